The van der Waals surface area contributed by atoms with Gasteiger partial charge in [-0.1, -0.05) is 0 Å². The third-order valence-electron chi connectivity index (χ3n) is 2.91. The van der Waals surface area contributed by atoms with Gasteiger partial charge in [0.2, 0.25) is 0 Å². The number of carbonyl (C=O) groups excluding carboxylic acids is 1. The standard InChI is InChI=1S/C13H21N3O4/c1-8(2)15-7-11(16(19)20)6-12(15)13(18)14-9(3)5-10(4)17/h6-10,17H,5H2,1-4H3,(H,14,18). The van der Waals surface area contributed by atoms with E-state index in [9.17, 15) is 20.0 Å². The largest absolute Gasteiger partial charge is 0.393 e. The number of nitrogens with one attached hydrogen (secondary N) is 1. The highest BCUT2D eigenvalue weighted by atomic mass is 16.6. The summed E-state index contributed by atoms with van der Waals surface area (Å²) in [5.41, 5.74) is 0.149. The molecule has 1 heterocycles. The number of carbonyl (C=O) groups is 1. The van der Waals surface area contributed by atoms with Crippen LogP contribution >= 0.6 is 0 Å². The van der Waals surface area contributed by atoms with E-state index in [-0.39, 0.29) is 29.4 Å². The molecule has 2 unspecified atom stereocenters. The minimum atomic E-state index is -0.519. The molecule has 7 nitrogen and oxygen atoms in total. The molecule has 0 aliphatic rings. The van der Waals surface area contributed by atoms with E-state index in [1.165, 1.54) is 12.3 Å². The van der Waals surface area contributed by atoms with Gasteiger partial charge in [0.05, 0.1) is 17.2 Å². The zero-order valence-corrected chi connectivity index (χ0v) is 12.2. The zero-order valence-electron chi connectivity index (χ0n) is 12.2. The average Bonchev–Trinajstić information content (AvgIpc) is 2.72. The first-order chi connectivity index (χ1) is 9.22. The zero-order chi connectivity index (χ0) is 15.4. The molecule has 0 aliphatic carbocycles. The molecule has 1 aromatic rings. The first-order valence-electron chi connectivity index (χ1n) is 6.57. The number of hydrogen-bond acceptors (Lipinski definition) is 4. The smallest absolute Gasteiger partial charge is 0.287 e. The molecule has 0 bridgehead atoms. The fraction of sp³-hybridized carbons (Fsp3) is 0.615. The minimum absolute atomic E-state index is 0.0588. The molecule has 0 saturated heterocycles. The fourth-order valence-corrected chi connectivity index (χ4v) is 2.04. The summed E-state index contributed by atoms with van der Waals surface area (Å²) < 4.78 is 1.57. The lowest BCUT2D eigenvalue weighted by atomic mass is 10.1. The van der Waals surface area contributed by atoms with E-state index in [1.807, 2.05) is 13.8 Å². The highest BCUT2D eigenvalue weighted by molar-refractivity contribution is 5.93. The molecule has 0 saturated carbocycles. The van der Waals surface area contributed by atoms with Crippen molar-refractivity contribution in [3.63, 3.8) is 0 Å². The molecule has 0 aliphatic heterocycles. The van der Waals surface area contributed by atoms with Gasteiger partial charge in [-0.3, -0.25) is 14.9 Å². The van der Waals surface area contributed by atoms with Gasteiger partial charge in [-0.2, -0.15) is 0 Å². The van der Waals surface area contributed by atoms with Gasteiger partial charge in [0.1, 0.15) is 5.69 Å². The van der Waals surface area contributed by atoms with Crippen LogP contribution in [0.25, 0.3) is 0 Å². The average molecular weight is 283 g/mol. The van der Waals surface area contributed by atoms with Gasteiger partial charge >= 0.3 is 0 Å². The van der Waals surface area contributed by atoms with Crippen LogP contribution in [0.5, 0.6) is 0 Å². The Morgan fingerprint density at radius 1 is 1.45 bits per heavy atom. The number of hydrogen-bond donors (Lipinski definition) is 2. The third kappa shape index (κ3) is 4.06. The van der Waals surface area contributed by atoms with E-state index >= 15 is 0 Å². The van der Waals surface area contributed by atoms with Crippen LogP contribution in [0.1, 0.15) is 50.6 Å². The number of nitro groups is 1. The lowest BCUT2D eigenvalue weighted by Gasteiger charge is -2.17. The quantitative estimate of drug-likeness (QED) is 0.615. The first kappa shape index (κ1) is 16.2. The summed E-state index contributed by atoms with van der Waals surface area (Å²) in [6.07, 6.45) is 1.27. The normalized spacial score (nSPS) is 14.1. The highest BCUT2D eigenvalue weighted by Gasteiger charge is 2.22. The lowest BCUT2D eigenvalue weighted by molar-refractivity contribution is -0.384. The van der Waals surface area contributed by atoms with Gasteiger partial charge in [-0.05, 0) is 34.1 Å². The van der Waals surface area contributed by atoms with Crippen LogP contribution in [0.15, 0.2) is 12.3 Å². The molecule has 7 heteroatoms. The molecular weight excluding hydrogens is 262 g/mol. The first-order valence-corrected chi connectivity index (χ1v) is 6.57. The molecule has 112 valence electrons. The van der Waals surface area contributed by atoms with E-state index in [2.05, 4.69) is 5.32 Å². The van der Waals surface area contributed by atoms with Gasteiger partial charge < -0.3 is 15.0 Å². The number of aliphatic hydroxyl groups excluding tert-OH is 1. The van der Waals surface area contributed by atoms with Crippen molar-refractivity contribution in [2.45, 2.75) is 52.3 Å². The number of nitrogens with zero attached hydrogens (tertiary/aromatic N) is 2. The third-order valence-corrected chi connectivity index (χ3v) is 2.91. The molecule has 0 fully saturated rings. The lowest BCUT2D eigenvalue weighted by Crippen LogP contribution is -2.35. The summed E-state index contributed by atoms with van der Waals surface area (Å²) in [5.74, 6) is -0.375. The van der Waals surface area contributed by atoms with E-state index in [0.29, 0.717) is 6.42 Å². The summed E-state index contributed by atoms with van der Waals surface area (Å²) >= 11 is 0. The SMILES string of the molecule is CC(O)CC(C)NC(=O)c1cc([N+](=O)[O-])cn1C(C)C. The molecular formula is C13H21N3O4. The molecule has 2 N–H and O–H groups in total. The number of aliphatic hydroxyl groups is 1. The summed E-state index contributed by atoms with van der Waals surface area (Å²) in [6.45, 7) is 7.12. The van der Waals surface area contributed by atoms with Gasteiger partial charge in [0.15, 0.2) is 0 Å². The second-order valence-electron chi connectivity index (χ2n) is 5.30. The molecule has 0 spiro atoms. The van der Waals surface area contributed by atoms with Crippen LogP contribution < -0.4 is 5.32 Å². The molecule has 1 rings (SSSR count). The van der Waals surface area contributed by atoms with Gasteiger partial charge in [-0.25, -0.2) is 0 Å². The molecule has 20 heavy (non-hydrogen) atoms. The van der Waals surface area contributed by atoms with Gasteiger partial charge in [0.25, 0.3) is 11.6 Å². The van der Waals surface area contributed by atoms with Crippen LogP contribution in [0, 0.1) is 10.1 Å². The monoisotopic (exact) mass is 283 g/mol. The summed E-state index contributed by atoms with van der Waals surface area (Å²) in [5, 5.41) is 22.8. The van der Waals surface area contributed by atoms with E-state index in [0.717, 1.165) is 0 Å². The maximum Gasteiger partial charge on any atom is 0.287 e. The van der Waals surface area contributed by atoms with Crippen LogP contribution in [0.2, 0.25) is 0 Å². The second-order valence-corrected chi connectivity index (χ2v) is 5.30. The Labute approximate surface area is 117 Å². The van der Waals surface area contributed by atoms with Crippen molar-refractivity contribution in [2.75, 3.05) is 0 Å². The summed E-state index contributed by atoms with van der Waals surface area (Å²) in [4.78, 5) is 22.4. The van der Waals surface area contributed by atoms with Gasteiger partial charge in [-0.15, -0.1) is 0 Å². The van der Waals surface area contributed by atoms with Crippen molar-refractivity contribution in [1.29, 1.82) is 0 Å². The van der Waals surface area contributed by atoms with Crippen LogP contribution in [-0.2, 0) is 0 Å². The van der Waals surface area contributed by atoms with Crippen molar-refractivity contribution >= 4 is 11.6 Å². The van der Waals surface area contributed by atoms with Crippen LogP contribution in [-0.4, -0.2) is 32.6 Å². The molecule has 1 aromatic heterocycles. The van der Waals surface area contributed by atoms with Crippen molar-refractivity contribution in [3.05, 3.63) is 28.1 Å². The Morgan fingerprint density at radius 3 is 2.50 bits per heavy atom. The second kappa shape index (κ2) is 6.51. The Morgan fingerprint density at radius 2 is 2.05 bits per heavy atom. The van der Waals surface area contributed by atoms with Crippen LogP contribution in [0.3, 0.4) is 0 Å². The van der Waals surface area contributed by atoms with Crippen LogP contribution in [0.4, 0.5) is 5.69 Å². The summed E-state index contributed by atoms with van der Waals surface area (Å²) in [7, 11) is 0. The number of aromatic nitrogens is 1. The van der Waals surface area contributed by atoms with Crippen molar-refractivity contribution in [1.82, 2.24) is 9.88 Å². The topological polar surface area (TPSA) is 97.4 Å². The maximum atomic E-state index is 12.2. The molecule has 0 aromatic carbocycles. The van der Waals surface area contributed by atoms with Crippen molar-refractivity contribution in [3.8, 4) is 0 Å². The van der Waals surface area contributed by atoms with Crippen molar-refractivity contribution < 1.29 is 14.8 Å². The van der Waals surface area contributed by atoms with E-state index in [1.54, 1.807) is 18.4 Å². The summed E-state index contributed by atoms with van der Waals surface area (Å²) in [6, 6.07) is 0.998. The fourth-order valence-electron chi connectivity index (χ4n) is 2.04. The highest BCUT2D eigenvalue weighted by Crippen LogP contribution is 2.20. The van der Waals surface area contributed by atoms with Gasteiger partial charge in [0, 0.05) is 18.2 Å². The Balaban J connectivity index is 2.94. The maximum absolute atomic E-state index is 12.2. The molecule has 1 amide bonds. The van der Waals surface area contributed by atoms with E-state index in [4.69, 9.17) is 0 Å². The predicted molar refractivity (Wildman–Crippen MR) is 74.7 cm³/mol. The number of rotatable bonds is 6. The van der Waals surface area contributed by atoms with Crippen molar-refractivity contribution in [2.24, 2.45) is 0 Å². The predicted octanol–water partition coefficient (Wildman–Crippen LogP) is 1.87. The Hall–Kier alpha value is -1.89. The molecule has 0 radical (unpaired) electrons. The Kier molecular flexibility index (Phi) is 5.26. The Bertz CT molecular complexity index is 494. The van der Waals surface area contributed by atoms with E-state index < -0.39 is 11.0 Å². The number of amides is 1. The molecule has 2 atom stereocenters. The minimum Gasteiger partial charge on any atom is -0.393 e.